The fraction of sp³-hybridized carbons (Fsp3) is 0.133. The molecule has 0 atom stereocenters. The number of anilines is 1. The minimum atomic E-state index is -0.157. The highest BCUT2D eigenvalue weighted by molar-refractivity contribution is 7.99. The van der Waals surface area contributed by atoms with Crippen LogP contribution in [0.4, 0.5) is 5.69 Å². The zero-order valence-corrected chi connectivity index (χ0v) is 21.4. The Bertz CT molecular complexity index is 1420. The molecule has 0 saturated carbocycles. The first-order valence-corrected chi connectivity index (χ1v) is 13.0. The smallest absolute Gasteiger partial charge is 0.259 e. The molecule has 1 heterocycles. The maximum Gasteiger partial charge on any atom is 0.259 e. The number of carbonyl (C=O) groups excluding carboxylic acids is 2. The molecular formula is C30H25ClN2O2S. The van der Waals surface area contributed by atoms with Crippen molar-refractivity contribution in [1.82, 2.24) is 5.32 Å². The van der Waals surface area contributed by atoms with E-state index in [9.17, 15) is 9.59 Å². The van der Waals surface area contributed by atoms with Gasteiger partial charge in [0.15, 0.2) is 0 Å². The monoisotopic (exact) mass is 512 g/mol. The van der Waals surface area contributed by atoms with Crippen LogP contribution in [0.3, 0.4) is 0 Å². The molecular weight excluding hydrogens is 488 g/mol. The zero-order valence-electron chi connectivity index (χ0n) is 19.8. The second kappa shape index (κ2) is 10.6. The van der Waals surface area contributed by atoms with Crippen LogP contribution in [0.1, 0.15) is 37.4 Å². The topological polar surface area (TPSA) is 49.4 Å². The van der Waals surface area contributed by atoms with Gasteiger partial charge in [0.05, 0.1) is 17.8 Å². The average Bonchev–Trinajstić information content (AvgIpc) is 3.00. The molecule has 4 aromatic carbocycles. The number of carbonyl (C=O) groups is 2. The highest BCUT2D eigenvalue weighted by atomic mass is 35.5. The third-order valence-electron chi connectivity index (χ3n) is 6.17. The summed E-state index contributed by atoms with van der Waals surface area (Å²) in [6, 6.07) is 29.0. The third kappa shape index (κ3) is 5.32. The molecule has 36 heavy (non-hydrogen) atoms. The fourth-order valence-corrected chi connectivity index (χ4v) is 5.35. The number of hydrogen-bond acceptors (Lipinski definition) is 3. The highest BCUT2D eigenvalue weighted by Crippen LogP contribution is 2.42. The van der Waals surface area contributed by atoms with Crippen molar-refractivity contribution in [2.45, 2.75) is 29.7 Å². The van der Waals surface area contributed by atoms with Gasteiger partial charge in [0, 0.05) is 26.9 Å². The van der Waals surface area contributed by atoms with E-state index in [0.717, 1.165) is 27.5 Å². The summed E-state index contributed by atoms with van der Waals surface area (Å²) in [6.07, 6.45) is 0.753. The van der Waals surface area contributed by atoms with E-state index in [1.807, 2.05) is 66.7 Å². The van der Waals surface area contributed by atoms with Gasteiger partial charge in [0.25, 0.3) is 11.8 Å². The lowest BCUT2D eigenvalue weighted by molar-refractivity contribution is 0.0950. The number of fused-ring (bicyclic) bond motifs is 2. The van der Waals surface area contributed by atoms with Gasteiger partial charge in [-0.2, -0.15) is 0 Å². The van der Waals surface area contributed by atoms with Crippen LogP contribution in [-0.4, -0.2) is 18.4 Å². The van der Waals surface area contributed by atoms with Gasteiger partial charge in [-0.15, -0.1) is 0 Å². The maximum atomic E-state index is 13.7. The van der Waals surface area contributed by atoms with Gasteiger partial charge in [-0.1, -0.05) is 77.5 Å². The summed E-state index contributed by atoms with van der Waals surface area (Å²) >= 11 is 7.62. The third-order valence-corrected chi connectivity index (χ3v) is 7.56. The lowest BCUT2D eigenvalue weighted by Crippen LogP contribution is -2.31. The number of aryl methyl sites for hydroxylation is 1. The van der Waals surface area contributed by atoms with Gasteiger partial charge in [-0.3, -0.25) is 9.59 Å². The zero-order chi connectivity index (χ0) is 25.1. The summed E-state index contributed by atoms with van der Waals surface area (Å²) in [5, 5.41) is 3.66. The minimum Gasteiger partial charge on any atom is -0.352 e. The van der Waals surface area contributed by atoms with Crippen LogP contribution >= 0.6 is 23.4 Å². The molecule has 0 spiro atoms. The molecule has 0 aliphatic carbocycles. The van der Waals surface area contributed by atoms with Gasteiger partial charge >= 0.3 is 0 Å². The van der Waals surface area contributed by atoms with Crippen molar-refractivity contribution < 1.29 is 9.59 Å². The van der Waals surface area contributed by atoms with E-state index in [-0.39, 0.29) is 11.8 Å². The first-order valence-electron chi connectivity index (χ1n) is 11.8. The maximum absolute atomic E-state index is 13.7. The van der Waals surface area contributed by atoms with Crippen LogP contribution in [0.25, 0.3) is 0 Å². The van der Waals surface area contributed by atoms with E-state index >= 15 is 0 Å². The molecule has 4 nitrogen and oxygen atoms in total. The van der Waals surface area contributed by atoms with E-state index in [0.29, 0.717) is 29.2 Å². The number of rotatable bonds is 6. The summed E-state index contributed by atoms with van der Waals surface area (Å²) in [4.78, 5) is 30.3. The number of amides is 2. The fourth-order valence-electron chi connectivity index (χ4n) is 4.17. The van der Waals surface area contributed by atoms with Crippen molar-refractivity contribution >= 4 is 40.9 Å². The molecule has 0 bridgehead atoms. The number of hydrogen-bond donors (Lipinski definition) is 1. The Balaban J connectivity index is 1.42. The Kier molecular flexibility index (Phi) is 7.12. The molecule has 0 unspecified atom stereocenters. The molecule has 2 amide bonds. The molecule has 1 aliphatic rings. The molecule has 0 saturated heterocycles. The second-order valence-electron chi connectivity index (χ2n) is 8.79. The SMILES string of the molecule is Cc1ccc(CCNC(=O)c2ccc3c(c2)N(Cc2ccc(Cl)cc2)C(=O)c2ccccc2S3)cc1. The van der Waals surface area contributed by atoms with Crippen LogP contribution in [0.5, 0.6) is 0 Å². The molecule has 0 radical (unpaired) electrons. The number of nitrogens with zero attached hydrogens (tertiary/aromatic N) is 1. The first-order chi connectivity index (χ1) is 17.5. The Labute approximate surface area is 220 Å². The molecule has 0 fully saturated rings. The minimum absolute atomic E-state index is 0.0938. The normalized spacial score (nSPS) is 12.5. The highest BCUT2D eigenvalue weighted by Gasteiger charge is 2.28. The van der Waals surface area contributed by atoms with E-state index in [4.69, 9.17) is 11.6 Å². The van der Waals surface area contributed by atoms with Crippen molar-refractivity contribution in [2.24, 2.45) is 0 Å². The number of halogens is 1. The Morgan fingerprint density at radius 1 is 0.889 bits per heavy atom. The lowest BCUT2D eigenvalue weighted by atomic mass is 10.1. The van der Waals surface area contributed by atoms with Gasteiger partial charge < -0.3 is 10.2 Å². The first kappa shape index (κ1) is 24.2. The molecule has 4 aromatic rings. The van der Waals surface area contributed by atoms with Crippen molar-refractivity contribution in [3.8, 4) is 0 Å². The van der Waals surface area contributed by atoms with Gasteiger partial charge in [-0.25, -0.2) is 0 Å². The predicted octanol–water partition coefficient (Wildman–Crippen LogP) is 6.93. The van der Waals surface area contributed by atoms with E-state index in [1.54, 1.807) is 16.7 Å². The summed E-state index contributed by atoms with van der Waals surface area (Å²) in [5.41, 5.74) is 5.25. The molecule has 6 heteroatoms. The summed E-state index contributed by atoms with van der Waals surface area (Å²) in [5.74, 6) is -0.251. The van der Waals surface area contributed by atoms with Crippen LogP contribution in [-0.2, 0) is 13.0 Å². The number of nitrogens with one attached hydrogen (secondary N) is 1. The summed E-state index contributed by atoms with van der Waals surface area (Å²) in [6.45, 7) is 2.96. The number of benzene rings is 4. The van der Waals surface area contributed by atoms with Crippen molar-refractivity contribution in [3.05, 3.63) is 124 Å². The molecule has 180 valence electrons. The van der Waals surface area contributed by atoms with Crippen LogP contribution in [0, 0.1) is 6.92 Å². The second-order valence-corrected chi connectivity index (χ2v) is 10.3. The van der Waals surface area contributed by atoms with Crippen molar-refractivity contribution in [3.63, 3.8) is 0 Å². The van der Waals surface area contributed by atoms with Crippen molar-refractivity contribution in [1.29, 1.82) is 0 Å². The lowest BCUT2D eigenvalue weighted by Gasteiger charge is -2.24. The van der Waals surface area contributed by atoms with E-state index in [1.165, 1.54) is 11.1 Å². The standard InChI is InChI=1S/C30H25ClN2O2S/c1-20-6-8-21(9-7-20)16-17-32-29(34)23-12-15-28-26(18-23)33(19-22-10-13-24(31)14-11-22)30(35)25-4-2-3-5-27(25)36-28/h2-15,18H,16-17,19H2,1H3,(H,32,34). The van der Waals surface area contributed by atoms with Gasteiger partial charge in [-0.05, 0) is 66.9 Å². The average molecular weight is 513 g/mol. The predicted molar refractivity (Wildman–Crippen MR) is 146 cm³/mol. The largest absolute Gasteiger partial charge is 0.352 e. The van der Waals surface area contributed by atoms with Gasteiger partial charge in [0.1, 0.15) is 0 Å². The Morgan fingerprint density at radius 3 is 2.39 bits per heavy atom. The molecule has 1 N–H and O–H groups in total. The molecule has 1 aliphatic heterocycles. The van der Waals surface area contributed by atoms with E-state index < -0.39 is 0 Å². The molecule has 0 aromatic heterocycles. The van der Waals surface area contributed by atoms with Gasteiger partial charge in [0.2, 0.25) is 0 Å². The quantitative estimate of drug-likeness (QED) is 0.304. The van der Waals surface area contributed by atoms with E-state index in [2.05, 4.69) is 36.5 Å². The van der Waals surface area contributed by atoms with Crippen LogP contribution in [0.2, 0.25) is 5.02 Å². The summed E-state index contributed by atoms with van der Waals surface area (Å²) < 4.78 is 0. The van der Waals surface area contributed by atoms with Crippen molar-refractivity contribution in [2.75, 3.05) is 11.4 Å². The Hall–Kier alpha value is -3.54. The Morgan fingerprint density at radius 2 is 1.61 bits per heavy atom. The molecule has 5 rings (SSSR count). The van der Waals surface area contributed by atoms with Crippen LogP contribution < -0.4 is 10.2 Å². The summed E-state index contributed by atoms with van der Waals surface area (Å²) in [7, 11) is 0. The van der Waals surface area contributed by atoms with Crippen LogP contribution in [0.15, 0.2) is 101 Å².